The lowest BCUT2D eigenvalue weighted by Crippen LogP contribution is -2.49. The predicted octanol–water partition coefficient (Wildman–Crippen LogP) is 3.39. The van der Waals surface area contributed by atoms with Crippen LogP contribution in [0.5, 0.6) is 0 Å². The van der Waals surface area contributed by atoms with Crippen molar-refractivity contribution < 1.29 is 8.42 Å². The average Bonchev–Trinajstić information content (AvgIpc) is 2.78. The molecule has 0 radical (unpaired) electrons. The first-order valence-corrected chi connectivity index (χ1v) is 11.7. The number of hydrogen-bond donors (Lipinski definition) is 1. The van der Waals surface area contributed by atoms with Crippen molar-refractivity contribution in [2.45, 2.75) is 17.9 Å². The van der Waals surface area contributed by atoms with Crippen LogP contribution in [0.1, 0.15) is 18.8 Å². The second-order valence-electron chi connectivity index (χ2n) is 7.27. The van der Waals surface area contributed by atoms with Crippen LogP contribution < -0.4 is 5.32 Å². The fraction of sp³-hybridized carbons (Fsp3) is 0.333. The highest BCUT2D eigenvalue weighted by molar-refractivity contribution is 7.89. The van der Waals surface area contributed by atoms with Gasteiger partial charge in [0.2, 0.25) is 10.0 Å². The Balaban J connectivity index is 1.50. The van der Waals surface area contributed by atoms with E-state index in [1.807, 2.05) is 31.3 Å². The van der Waals surface area contributed by atoms with Crippen LogP contribution in [-0.4, -0.2) is 60.8 Å². The highest BCUT2D eigenvalue weighted by atomic mass is 35.5. The summed E-state index contributed by atoms with van der Waals surface area (Å²) in [5.41, 5.74) is 0.891. The van der Waals surface area contributed by atoms with Crippen LogP contribution in [-0.2, 0) is 10.0 Å². The van der Waals surface area contributed by atoms with Gasteiger partial charge in [-0.15, -0.1) is 0 Å². The summed E-state index contributed by atoms with van der Waals surface area (Å²) in [5.74, 6) is 1.53. The fourth-order valence-corrected chi connectivity index (χ4v) is 5.27. The zero-order valence-electron chi connectivity index (χ0n) is 16.9. The Hall–Kier alpha value is -2.26. The van der Waals surface area contributed by atoms with E-state index in [4.69, 9.17) is 21.6 Å². The molecule has 9 heteroatoms. The fourth-order valence-electron chi connectivity index (χ4n) is 3.72. The standard InChI is InChI=1S/C21H24ClN5O2S/c1-15(20-24-19-6-4-3-5-18(19)21(23-2)25-20)26-11-13-27(14-12-26)30(28,29)17-9-7-16(22)8-10-17/h3-10,15H,11-14H2,1-2H3,(H,23,24,25). The van der Waals surface area contributed by atoms with Gasteiger partial charge in [0, 0.05) is 43.6 Å². The van der Waals surface area contributed by atoms with Crippen LogP contribution in [0, 0.1) is 0 Å². The molecule has 0 amide bonds. The molecule has 2 aromatic carbocycles. The van der Waals surface area contributed by atoms with Crippen molar-refractivity contribution in [1.82, 2.24) is 19.2 Å². The predicted molar refractivity (Wildman–Crippen MR) is 119 cm³/mol. The van der Waals surface area contributed by atoms with Crippen LogP contribution >= 0.6 is 11.6 Å². The minimum atomic E-state index is -3.53. The van der Waals surface area contributed by atoms with E-state index in [-0.39, 0.29) is 10.9 Å². The molecule has 2 heterocycles. The van der Waals surface area contributed by atoms with Crippen LogP contribution in [0.25, 0.3) is 10.9 Å². The lowest BCUT2D eigenvalue weighted by Gasteiger charge is -2.36. The summed E-state index contributed by atoms with van der Waals surface area (Å²) in [6.45, 7) is 4.12. The Bertz CT molecular complexity index is 1150. The molecular formula is C21H24ClN5O2S. The first-order chi connectivity index (χ1) is 14.4. The van der Waals surface area contributed by atoms with E-state index in [0.717, 1.165) is 22.5 Å². The molecule has 4 rings (SSSR count). The first-order valence-electron chi connectivity index (χ1n) is 9.84. The highest BCUT2D eigenvalue weighted by Gasteiger charge is 2.31. The van der Waals surface area contributed by atoms with Gasteiger partial charge in [-0.1, -0.05) is 23.7 Å². The zero-order chi connectivity index (χ0) is 21.3. The lowest BCUT2D eigenvalue weighted by atomic mass is 10.2. The summed E-state index contributed by atoms with van der Waals surface area (Å²) in [6.07, 6.45) is 0. The number of sulfonamides is 1. The number of fused-ring (bicyclic) bond motifs is 1. The van der Waals surface area contributed by atoms with Gasteiger partial charge in [0.25, 0.3) is 0 Å². The van der Waals surface area contributed by atoms with Crippen molar-refractivity contribution in [2.24, 2.45) is 0 Å². The molecular weight excluding hydrogens is 422 g/mol. The molecule has 1 saturated heterocycles. The number of aromatic nitrogens is 2. The number of nitrogens with one attached hydrogen (secondary N) is 1. The van der Waals surface area contributed by atoms with Crippen LogP contribution in [0.4, 0.5) is 5.82 Å². The Morgan fingerprint density at radius 2 is 1.67 bits per heavy atom. The minimum Gasteiger partial charge on any atom is -0.373 e. The van der Waals surface area contributed by atoms with Crippen LogP contribution in [0.3, 0.4) is 0 Å². The molecule has 1 aromatic heterocycles. The van der Waals surface area contributed by atoms with E-state index in [0.29, 0.717) is 31.2 Å². The molecule has 3 aromatic rings. The SMILES string of the molecule is CNc1nc(C(C)N2CCN(S(=O)(=O)c3ccc(Cl)cc3)CC2)nc2ccccc12. The maximum absolute atomic E-state index is 12.9. The van der Waals surface area contributed by atoms with Gasteiger partial charge < -0.3 is 5.32 Å². The van der Waals surface area contributed by atoms with Crippen molar-refractivity contribution >= 4 is 38.3 Å². The summed E-state index contributed by atoms with van der Waals surface area (Å²) < 4.78 is 27.3. The Kier molecular flexibility index (Phi) is 5.92. The highest BCUT2D eigenvalue weighted by Crippen LogP contribution is 2.26. The third-order valence-electron chi connectivity index (χ3n) is 5.50. The molecule has 1 aliphatic rings. The molecule has 158 valence electrons. The van der Waals surface area contributed by atoms with Gasteiger partial charge in [-0.25, -0.2) is 18.4 Å². The second-order valence-corrected chi connectivity index (χ2v) is 9.64. The third-order valence-corrected chi connectivity index (χ3v) is 7.67. The van der Waals surface area contributed by atoms with Gasteiger partial charge in [-0.2, -0.15) is 4.31 Å². The Morgan fingerprint density at radius 3 is 2.33 bits per heavy atom. The molecule has 0 aliphatic carbocycles. The van der Waals surface area contributed by atoms with E-state index in [1.165, 1.54) is 4.31 Å². The number of benzene rings is 2. The molecule has 1 aliphatic heterocycles. The molecule has 30 heavy (non-hydrogen) atoms. The van der Waals surface area contributed by atoms with E-state index < -0.39 is 10.0 Å². The Labute approximate surface area is 181 Å². The smallest absolute Gasteiger partial charge is 0.243 e. The third kappa shape index (κ3) is 4.00. The zero-order valence-corrected chi connectivity index (χ0v) is 18.5. The molecule has 0 bridgehead atoms. The molecule has 0 saturated carbocycles. The van der Waals surface area contributed by atoms with E-state index in [2.05, 4.69) is 17.1 Å². The summed E-state index contributed by atoms with van der Waals surface area (Å²) in [6, 6.07) is 14.2. The summed E-state index contributed by atoms with van der Waals surface area (Å²) in [4.78, 5) is 11.9. The minimum absolute atomic E-state index is 0.0258. The monoisotopic (exact) mass is 445 g/mol. The maximum Gasteiger partial charge on any atom is 0.243 e. The Morgan fingerprint density at radius 1 is 1.00 bits per heavy atom. The molecule has 7 nitrogen and oxygen atoms in total. The van der Waals surface area contributed by atoms with Gasteiger partial charge in [0.15, 0.2) is 0 Å². The number of piperazine rings is 1. The average molecular weight is 446 g/mol. The number of para-hydroxylation sites is 1. The number of hydrogen-bond acceptors (Lipinski definition) is 6. The second kappa shape index (κ2) is 8.47. The van der Waals surface area contributed by atoms with Crippen molar-refractivity contribution in [1.29, 1.82) is 0 Å². The topological polar surface area (TPSA) is 78.4 Å². The first kappa shape index (κ1) is 21.0. The van der Waals surface area contributed by atoms with Crippen molar-refractivity contribution in [2.75, 3.05) is 38.5 Å². The summed E-state index contributed by atoms with van der Waals surface area (Å²) in [5, 5.41) is 4.65. The van der Waals surface area contributed by atoms with Crippen molar-refractivity contribution in [3.8, 4) is 0 Å². The van der Waals surface area contributed by atoms with Crippen molar-refractivity contribution in [3.63, 3.8) is 0 Å². The van der Waals surface area contributed by atoms with Gasteiger partial charge >= 0.3 is 0 Å². The molecule has 1 fully saturated rings. The van der Waals surface area contributed by atoms with Crippen molar-refractivity contribution in [3.05, 3.63) is 59.4 Å². The normalized spacial score (nSPS) is 17.2. The van der Waals surface area contributed by atoms with Crippen LogP contribution in [0.15, 0.2) is 53.4 Å². The van der Waals surface area contributed by atoms with E-state index >= 15 is 0 Å². The van der Waals surface area contributed by atoms with E-state index in [1.54, 1.807) is 24.3 Å². The van der Waals surface area contributed by atoms with Crippen LogP contribution in [0.2, 0.25) is 5.02 Å². The molecule has 1 atom stereocenters. The van der Waals surface area contributed by atoms with Gasteiger partial charge in [0.1, 0.15) is 11.6 Å². The largest absolute Gasteiger partial charge is 0.373 e. The maximum atomic E-state index is 12.9. The number of rotatable bonds is 5. The van der Waals surface area contributed by atoms with Gasteiger partial charge in [-0.3, -0.25) is 4.90 Å². The molecule has 1 unspecified atom stereocenters. The van der Waals surface area contributed by atoms with E-state index in [9.17, 15) is 8.42 Å². The van der Waals surface area contributed by atoms with Gasteiger partial charge in [0.05, 0.1) is 16.5 Å². The molecule has 0 spiro atoms. The lowest BCUT2D eigenvalue weighted by molar-refractivity contribution is 0.141. The number of nitrogens with zero attached hydrogens (tertiary/aromatic N) is 4. The number of anilines is 1. The molecule has 1 N–H and O–H groups in total. The summed E-state index contributed by atoms with van der Waals surface area (Å²) in [7, 11) is -1.67. The van der Waals surface area contributed by atoms with Gasteiger partial charge in [-0.05, 0) is 43.3 Å². The summed E-state index contributed by atoms with van der Waals surface area (Å²) >= 11 is 5.89. The quantitative estimate of drug-likeness (QED) is 0.648. The number of halogens is 1.